The second-order valence-corrected chi connectivity index (χ2v) is 9.34. The van der Waals surface area contributed by atoms with Crippen molar-refractivity contribution < 1.29 is 23.9 Å². The first kappa shape index (κ1) is 24.9. The molecule has 1 fully saturated rings. The lowest BCUT2D eigenvalue weighted by Gasteiger charge is -2.33. The second kappa shape index (κ2) is 10.1. The van der Waals surface area contributed by atoms with Gasteiger partial charge in [0.15, 0.2) is 0 Å². The number of rotatable bonds is 7. The summed E-state index contributed by atoms with van der Waals surface area (Å²) in [7, 11) is 0. The van der Waals surface area contributed by atoms with E-state index >= 15 is 0 Å². The van der Waals surface area contributed by atoms with E-state index in [-0.39, 0.29) is 17.9 Å². The topological polar surface area (TPSA) is 97.0 Å². The van der Waals surface area contributed by atoms with Crippen LogP contribution in [0.25, 0.3) is 0 Å². The summed E-state index contributed by atoms with van der Waals surface area (Å²) in [6, 6.07) is -0.989. The minimum Gasteiger partial charge on any atom is -0.458 e. The molecule has 2 N–H and O–H groups in total. The van der Waals surface area contributed by atoms with Crippen molar-refractivity contribution >= 4 is 18.0 Å². The van der Waals surface area contributed by atoms with Gasteiger partial charge in [-0.25, -0.2) is 9.59 Å². The Bertz CT molecular complexity index is 606. The van der Waals surface area contributed by atoms with Crippen LogP contribution in [-0.4, -0.2) is 59.4 Å². The molecule has 8 nitrogen and oxygen atoms in total. The molecule has 8 heteroatoms. The summed E-state index contributed by atoms with van der Waals surface area (Å²) < 4.78 is 11.1. The molecule has 0 aliphatic carbocycles. The van der Waals surface area contributed by atoms with Crippen LogP contribution in [-0.2, 0) is 19.1 Å². The van der Waals surface area contributed by atoms with Crippen LogP contribution in [0.15, 0.2) is 12.7 Å². The van der Waals surface area contributed by atoms with Crippen molar-refractivity contribution in [3.8, 4) is 0 Å². The Labute approximate surface area is 174 Å². The lowest BCUT2D eigenvalue weighted by atomic mass is 9.97. The highest BCUT2D eigenvalue weighted by molar-refractivity contribution is 5.83. The zero-order valence-corrected chi connectivity index (χ0v) is 18.8. The van der Waals surface area contributed by atoms with Crippen LogP contribution in [0, 0.1) is 5.92 Å². The molecule has 1 rings (SSSR count). The van der Waals surface area contributed by atoms with Crippen molar-refractivity contribution in [2.75, 3.05) is 13.2 Å². The first-order valence-corrected chi connectivity index (χ1v) is 10.1. The highest BCUT2D eigenvalue weighted by atomic mass is 16.6. The fraction of sp³-hybridized carbons (Fsp3) is 0.762. The number of carbonyl (C=O) groups is 3. The maximum Gasteiger partial charge on any atom is 0.411 e. The Morgan fingerprint density at radius 2 is 1.69 bits per heavy atom. The molecule has 1 saturated heterocycles. The van der Waals surface area contributed by atoms with E-state index in [2.05, 4.69) is 17.2 Å². The number of nitrogens with zero attached hydrogens (tertiary/aromatic N) is 1. The van der Waals surface area contributed by atoms with Gasteiger partial charge in [-0.1, -0.05) is 6.08 Å². The second-order valence-electron chi connectivity index (χ2n) is 9.34. The molecule has 0 aromatic heterocycles. The standard InChI is InChI=1S/C21H37N3O5/c1-9-15-12-17(18(26)28-20(3,4)5)24(19(27)29-21(6,7)8)16(15)10-11-22-13-23-14(2)25/h9,15-17,22H,1,10-13H2,2-8H3,(H,23,25)/t15-,16-,17-/m1/s1. The summed E-state index contributed by atoms with van der Waals surface area (Å²) in [5.41, 5.74) is -1.34. The van der Waals surface area contributed by atoms with E-state index in [1.54, 1.807) is 47.6 Å². The molecule has 29 heavy (non-hydrogen) atoms. The third-order valence-corrected chi connectivity index (χ3v) is 4.35. The summed E-state index contributed by atoms with van der Waals surface area (Å²) in [5, 5.41) is 5.78. The Kier molecular flexibility index (Phi) is 8.68. The van der Waals surface area contributed by atoms with Crippen LogP contribution in [0.2, 0.25) is 0 Å². The van der Waals surface area contributed by atoms with Crippen LogP contribution in [0.3, 0.4) is 0 Å². The highest BCUT2D eigenvalue weighted by Crippen LogP contribution is 2.35. The van der Waals surface area contributed by atoms with E-state index in [4.69, 9.17) is 9.47 Å². The minimum atomic E-state index is -0.729. The smallest absolute Gasteiger partial charge is 0.411 e. The first-order valence-electron chi connectivity index (χ1n) is 10.1. The Morgan fingerprint density at radius 3 is 2.17 bits per heavy atom. The van der Waals surface area contributed by atoms with Crippen molar-refractivity contribution in [1.29, 1.82) is 0 Å². The number of ether oxygens (including phenoxy) is 2. The number of nitrogens with one attached hydrogen (secondary N) is 2. The number of likely N-dealkylation sites (tertiary alicyclic amines) is 1. The first-order chi connectivity index (χ1) is 13.2. The van der Waals surface area contributed by atoms with E-state index in [1.165, 1.54) is 11.8 Å². The number of hydrogen-bond donors (Lipinski definition) is 2. The van der Waals surface area contributed by atoms with E-state index in [0.717, 1.165) is 0 Å². The predicted molar refractivity (Wildman–Crippen MR) is 111 cm³/mol. The van der Waals surface area contributed by atoms with Gasteiger partial charge in [0, 0.05) is 13.0 Å². The van der Waals surface area contributed by atoms with Gasteiger partial charge in [0.2, 0.25) is 5.91 Å². The summed E-state index contributed by atoms with van der Waals surface area (Å²) in [6.45, 7) is 17.0. The minimum absolute atomic E-state index is 0.0670. The SMILES string of the molecule is C=C[C@@H]1C[C@H](C(=O)OC(C)(C)C)N(C(=O)OC(C)(C)C)[C@@H]1CCNCNC(C)=O. The maximum absolute atomic E-state index is 13.0. The normalized spacial score (nSPS) is 22.2. The van der Waals surface area contributed by atoms with Gasteiger partial charge in [-0.05, 0) is 66.8 Å². The molecule has 1 aliphatic rings. The molecule has 0 unspecified atom stereocenters. The molecular weight excluding hydrogens is 374 g/mol. The number of esters is 1. The summed E-state index contributed by atoms with van der Waals surface area (Å²) in [6.07, 6.45) is 2.26. The quantitative estimate of drug-likeness (QED) is 0.289. The Morgan fingerprint density at radius 1 is 1.10 bits per heavy atom. The molecule has 1 aliphatic heterocycles. The molecular formula is C21H37N3O5. The van der Waals surface area contributed by atoms with E-state index in [9.17, 15) is 14.4 Å². The monoisotopic (exact) mass is 411 g/mol. The molecule has 0 bridgehead atoms. The highest BCUT2D eigenvalue weighted by Gasteiger charge is 2.48. The number of carbonyl (C=O) groups excluding carboxylic acids is 3. The van der Waals surface area contributed by atoms with E-state index in [0.29, 0.717) is 26.1 Å². The Hall–Kier alpha value is -2.09. The zero-order chi connectivity index (χ0) is 22.4. The van der Waals surface area contributed by atoms with Crippen LogP contribution < -0.4 is 10.6 Å². The molecule has 166 valence electrons. The van der Waals surface area contributed by atoms with Gasteiger partial charge in [-0.15, -0.1) is 6.58 Å². The van der Waals surface area contributed by atoms with Crippen molar-refractivity contribution in [2.45, 2.75) is 84.6 Å². The average Bonchev–Trinajstić information content (AvgIpc) is 2.90. The van der Waals surface area contributed by atoms with Gasteiger partial charge in [0.25, 0.3) is 0 Å². The molecule has 3 atom stereocenters. The lowest BCUT2D eigenvalue weighted by Crippen LogP contribution is -2.50. The summed E-state index contributed by atoms with van der Waals surface area (Å²) in [4.78, 5) is 38.3. The summed E-state index contributed by atoms with van der Waals surface area (Å²) in [5.74, 6) is -0.630. The fourth-order valence-electron chi connectivity index (χ4n) is 3.25. The molecule has 0 saturated carbocycles. The van der Waals surface area contributed by atoms with Gasteiger partial charge >= 0.3 is 12.1 Å². The van der Waals surface area contributed by atoms with Crippen LogP contribution in [0.1, 0.15) is 61.3 Å². The molecule has 0 spiro atoms. The third kappa shape index (κ3) is 8.43. The largest absolute Gasteiger partial charge is 0.458 e. The summed E-state index contributed by atoms with van der Waals surface area (Å²) >= 11 is 0. The maximum atomic E-state index is 13.0. The van der Waals surface area contributed by atoms with Crippen LogP contribution in [0.4, 0.5) is 4.79 Å². The van der Waals surface area contributed by atoms with Crippen molar-refractivity contribution in [2.24, 2.45) is 5.92 Å². The van der Waals surface area contributed by atoms with Crippen LogP contribution >= 0.6 is 0 Å². The van der Waals surface area contributed by atoms with Gasteiger partial charge in [0.05, 0.1) is 6.67 Å². The number of amides is 2. The predicted octanol–water partition coefficient (Wildman–Crippen LogP) is 2.58. The van der Waals surface area contributed by atoms with Gasteiger partial charge in [-0.3, -0.25) is 15.0 Å². The fourth-order valence-corrected chi connectivity index (χ4v) is 3.25. The van der Waals surface area contributed by atoms with Crippen molar-refractivity contribution in [3.63, 3.8) is 0 Å². The molecule has 0 aromatic carbocycles. The molecule has 2 amide bonds. The Balaban J connectivity index is 3.00. The number of hydrogen-bond acceptors (Lipinski definition) is 6. The van der Waals surface area contributed by atoms with Gasteiger partial charge in [-0.2, -0.15) is 0 Å². The van der Waals surface area contributed by atoms with E-state index < -0.39 is 29.3 Å². The zero-order valence-electron chi connectivity index (χ0n) is 18.8. The third-order valence-electron chi connectivity index (χ3n) is 4.35. The molecule has 1 heterocycles. The molecule has 0 radical (unpaired) electrons. The molecule has 0 aromatic rings. The van der Waals surface area contributed by atoms with Crippen molar-refractivity contribution in [1.82, 2.24) is 15.5 Å². The van der Waals surface area contributed by atoms with Gasteiger partial charge in [0.1, 0.15) is 17.2 Å². The average molecular weight is 412 g/mol. The van der Waals surface area contributed by atoms with Crippen LogP contribution in [0.5, 0.6) is 0 Å². The lowest BCUT2D eigenvalue weighted by molar-refractivity contribution is -0.160. The van der Waals surface area contributed by atoms with Crippen molar-refractivity contribution in [3.05, 3.63) is 12.7 Å². The van der Waals surface area contributed by atoms with Gasteiger partial charge < -0.3 is 14.8 Å². The van der Waals surface area contributed by atoms with E-state index in [1.807, 2.05) is 0 Å².